The van der Waals surface area contributed by atoms with Gasteiger partial charge in [-0.3, -0.25) is 14.9 Å². The average Bonchev–Trinajstić information content (AvgIpc) is 3.40. The Morgan fingerprint density at radius 3 is 2.58 bits per heavy atom. The van der Waals surface area contributed by atoms with Crippen LogP contribution in [0, 0.1) is 5.41 Å². The summed E-state index contributed by atoms with van der Waals surface area (Å²) in [5, 5.41) is 16.6. The summed E-state index contributed by atoms with van der Waals surface area (Å²) in [6.45, 7) is 7.15. The molecular weight excluding hydrogens is 508 g/mol. The standard InChI is InChI=1S/C26H29ClN8O3/c1-26(2,3)24(37)34-9-7-17(8-10-34)30-21-13-20(29-18-6-4-5-16(27)12-18)32-22-15(14-28-35(21)22)11-19-23(36)33-25(38)31-19/h4-6,11-14,17,30H,7-10H2,1-3H3,(H,29,32)(H2,31,33,36,38)/b19-11+. The Morgan fingerprint density at radius 2 is 1.92 bits per heavy atom. The van der Waals surface area contributed by atoms with Crippen LogP contribution in [0.4, 0.5) is 22.1 Å². The largest absolute Gasteiger partial charge is 0.367 e. The van der Waals surface area contributed by atoms with E-state index in [2.05, 4.69) is 26.4 Å². The minimum Gasteiger partial charge on any atom is -0.367 e. The van der Waals surface area contributed by atoms with Crippen molar-refractivity contribution in [2.45, 2.75) is 39.7 Å². The Bertz CT molecular complexity index is 1450. The molecule has 5 rings (SSSR count). The van der Waals surface area contributed by atoms with Crippen LogP contribution in [-0.2, 0) is 9.59 Å². The predicted molar refractivity (Wildman–Crippen MR) is 145 cm³/mol. The van der Waals surface area contributed by atoms with Crippen LogP contribution in [0.5, 0.6) is 0 Å². The molecule has 0 saturated carbocycles. The highest BCUT2D eigenvalue weighted by Gasteiger charge is 2.30. The van der Waals surface area contributed by atoms with E-state index in [0.717, 1.165) is 18.5 Å². The molecule has 198 valence electrons. The van der Waals surface area contributed by atoms with Gasteiger partial charge in [0, 0.05) is 46.9 Å². The molecule has 12 heteroatoms. The SMILES string of the molecule is CC(C)(C)C(=O)N1CCC(Nc2cc(Nc3cccc(Cl)c3)nc3c(/C=C4/NC(=O)NC4=O)cnn23)CC1. The van der Waals surface area contributed by atoms with Crippen LogP contribution in [0.2, 0.25) is 5.02 Å². The van der Waals surface area contributed by atoms with Crippen molar-refractivity contribution in [2.24, 2.45) is 5.41 Å². The number of imide groups is 1. The topological polar surface area (TPSA) is 133 Å². The minimum atomic E-state index is -0.576. The van der Waals surface area contributed by atoms with Gasteiger partial charge in [0.25, 0.3) is 5.91 Å². The van der Waals surface area contributed by atoms with Gasteiger partial charge in [0.2, 0.25) is 5.91 Å². The molecule has 4 heterocycles. The maximum atomic E-state index is 12.7. The first-order valence-corrected chi connectivity index (χ1v) is 12.8. The van der Waals surface area contributed by atoms with Gasteiger partial charge in [0.15, 0.2) is 5.65 Å². The number of fused-ring (bicyclic) bond motifs is 1. The molecule has 11 nitrogen and oxygen atoms in total. The zero-order chi connectivity index (χ0) is 27.0. The van der Waals surface area contributed by atoms with E-state index >= 15 is 0 Å². The van der Waals surface area contributed by atoms with Crippen LogP contribution in [0.25, 0.3) is 11.7 Å². The number of piperidine rings is 1. The fourth-order valence-corrected chi connectivity index (χ4v) is 4.70. The quantitative estimate of drug-likeness (QED) is 0.288. The van der Waals surface area contributed by atoms with Gasteiger partial charge >= 0.3 is 6.03 Å². The zero-order valence-electron chi connectivity index (χ0n) is 21.3. The zero-order valence-corrected chi connectivity index (χ0v) is 22.1. The molecule has 0 spiro atoms. The summed E-state index contributed by atoms with van der Waals surface area (Å²) in [6.07, 6.45) is 4.70. The van der Waals surface area contributed by atoms with Gasteiger partial charge in [0.1, 0.15) is 17.3 Å². The number of nitrogens with one attached hydrogen (secondary N) is 4. The highest BCUT2D eigenvalue weighted by molar-refractivity contribution is 6.30. The van der Waals surface area contributed by atoms with Gasteiger partial charge in [0.05, 0.1) is 6.20 Å². The number of anilines is 3. The smallest absolute Gasteiger partial charge is 0.326 e. The molecule has 2 aliphatic rings. The number of rotatable bonds is 5. The number of nitrogens with zero attached hydrogens (tertiary/aromatic N) is 4. The van der Waals surface area contributed by atoms with Crippen molar-refractivity contribution in [3.05, 3.63) is 52.8 Å². The summed E-state index contributed by atoms with van der Waals surface area (Å²) in [6, 6.07) is 8.70. The summed E-state index contributed by atoms with van der Waals surface area (Å²) in [4.78, 5) is 43.0. The summed E-state index contributed by atoms with van der Waals surface area (Å²) in [7, 11) is 0. The fourth-order valence-electron chi connectivity index (χ4n) is 4.51. The second kappa shape index (κ2) is 9.97. The summed E-state index contributed by atoms with van der Waals surface area (Å²) in [5.74, 6) is 0.882. The molecule has 2 fully saturated rings. The van der Waals surface area contributed by atoms with Crippen molar-refractivity contribution in [3.63, 3.8) is 0 Å². The van der Waals surface area contributed by atoms with Crippen molar-refractivity contribution >= 4 is 58.5 Å². The number of carbonyl (C=O) groups is 3. The number of benzene rings is 1. The molecule has 2 saturated heterocycles. The van der Waals surface area contributed by atoms with Crippen molar-refractivity contribution in [1.29, 1.82) is 0 Å². The maximum absolute atomic E-state index is 12.7. The molecular formula is C26H29ClN8O3. The van der Waals surface area contributed by atoms with Gasteiger partial charge in [-0.1, -0.05) is 38.4 Å². The lowest BCUT2D eigenvalue weighted by Gasteiger charge is -2.36. The van der Waals surface area contributed by atoms with E-state index in [1.807, 2.05) is 43.9 Å². The van der Waals surface area contributed by atoms with Crippen LogP contribution < -0.4 is 21.3 Å². The molecule has 4 amide bonds. The van der Waals surface area contributed by atoms with Crippen molar-refractivity contribution in [3.8, 4) is 0 Å². The Morgan fingerprint density at radius 1 is 1.16 bits per heavy atom. The molecule has 0 bridgehead atoms. The molecule has 2 aromatic heterocycles. The van der Waals surface area contributed by atoms with Crippen LogP contribution in [-0.4, -0.2) is 56.5 Å². The summed E-state index contributed by atoms with van der Waals surface area (Å²) < 4.78 is 1.66. The predicted octanol–water partition coefficient (Wildman–Crippen LogP) is 3.76. The molecule has 0 aliphatic carbocycles. The lowest BCUT2D eigenvalue weighted by Crippen LogP contribution is -2.46. The van der Waals surface area contributed by atoms with E-state index < -0.39 is 17.4 Å². The number of hydrogen-bond acceptors (Lipinski definition) is 7. The highest BCUT2D eigenvalue weighted by Crippen LogP contribution is 2.27. The van der Waals surface area contributed by atoms with Crippen LogP contribution in [0.3, 0.4) is 0 Å². The Hall–Kier alpha value is -4.12. The molecule has 3 aromatic rings. The molecule has 4 N–H and O–H groups in total. The van der Waals surface area contributed by atoms with Gasteiger partial charge < -0.3 is 20.9 Å². The van der Waals surface area contributed by atoms with Gasteiger partial charge in [-0.25, -0.2) is 9.78 Å². The number of urea groups is 1. The first-order chi connectivity index (χ1) is 18.1. The van der Waals surface area contributed by atoms with Gasteiger partial charge in [-0.2, -0.15) is 9.61 Å². The second-order valence-electron chi connectivity index (χ2n) is 10.4. The van der Waals surface area contributed by atoms with E-state index in [4.69, 9.17) is 16.6 Å². The fraction of sp³-hybridized carbons (Fsp3) is 0.346. The van der Waals surface area contributed by atoms with Gasteiger partial charge in [-0.15, -0.1) is 0 Å². The highest BCUT2D eigenvalue weighted by atomic mass is 35.5. The number of carbonyl (C=O) groups excluding carboxylic acids is 3. The molecule has 2 aliphatic heterocycles. The summed E-state index contributed by atoms with van der Waals surface area (Å²) >= 11 is 6.16. The number of amides is 4. The van der Waals surface area contributed by atoms with Crippen molar-refractivity contribution < 1.29 is 14.4 Å². The number of likely N-dealkylation sites (tertiary alicyclic amines) is 1. The van der Waals surface area contributed by atoms with E-state index in [9.17, 15) is 14.4 Å². The Balaban J connectivity index is 1.45. The maximum Gasteiger partial charge on any atom is 0.326 e. The lowest BCUT2D eigenvalue weighted by atomic mass is 9.93. The van der Waals surface area contributed by atoms with Crippen molar-refractivity contribution in [1.82, 2.24) is 30.1 Å². The van der Waals surface area contributed by atoms with Crippen LogP contribution in [0.15, 0.2) is 42.2 Å². The lowest BCUT2D eigenvalue weighted by molar-refractivity contribution is -0.140. The molecule has 38 heavy (non-hydrogen) atoms. The van der Waals surface area contributed by atoms with Crippen LogP contribution in [0.1, 0.15) is 39.2 Å². The Labute approximate surface area is 224 Å². The van der Waals surface area contributed by atoms with E-state index in [-0.39, 0.29) is 17.6 Å². The second-order valence-corrected chi connectivity index (χ2v) is 10.9. The third-order valence-electron chi connectivity index (χ3n) is 6.39. The monoisotopic (exact) mass is 536 g/mol. The van der Waals surface area contributed by atoms with Crippen molar-refractivity contribution in [2.75, 3.05) is 23.7 Å². The summed E-state index contributed by atoms with van der Waals surface area (Å²) in [5.41, 5.74) is 1.51. The molecule has 0 radical (unpaired) electrons. The van der Waals surface area contributed by atoms with Gasteiger partial charge in [-0.05, 0) is 37.1 Å². The molecule has 0 unspecified atom stereocenters. The number of hydrogen-bond donors (Lipinski definition) is 4. The first-order valence-electron chi connectivity index (χ1n) is 12.4. The van der Waals surface area contributed by atoms with Crippen LogP contribution >= 0.6 is 11.6 Å². The third kappa shape index (κ3) is 5.42. The van der Waals surface area contributed by atoms with E-state index in [1.54, 1.807) is 28.9 Å². The normalized spacial score (nSPS) is 17.6. The minimum absolute atomic E-state index is 0.116. The Kier molecular flexibility index (Phi) is 6.70. The number of halogens is 1. The number of aromatic nitrogens is 3. The van der Waals surface area contributed by atoms with E-state index in [1.165, 1.54) is 0 Å². The average molecular weight is 537 g/mol. The first kappa shape index (κ1) is 25.5. The molecule has 0 atom stereocenters. The molecule has 1 aromatic carbocycles. The third-order valence-corrected chi connectivity index (χ3v) is 6.63. The van der Waals surface area contributed by atoms with E-state index in [0.29, 0.717) is 41.0 Å².